The summed E-state index contributed by atoms with van der Waals surface area (Å²) in [7, 11) is 0. The lowest BCUT2D eigenvalue weighted by Gasteiger charge is -2.15. The minimum Gasteiger partial charge on any atom is -0.360 e. The van der Waals surface area contributed by atoms with E-state index in [1.165, 1.54) is 0 Å². The van der Waals surface area contributed by atoms with E-state index in [0.717, 1.165) is 36.1 Å². The highest BCUT2D eigenvalue weighted by atomic mass is 35.5. The Morgan fingerprint density at radius 1 is 1.33 bits per heavy atom. The summed E-state index contributed by atoms with van der Waals surface area (Å²) >= 11 is 5.86. The first-order chi connectivity index (χ1) is 8.79. The van der Waals surface area contributed by atoms with Crippen molar-refractivity contribution in [3.8, 4) is 11.3 Å². The highest BCUT2D eigenvalue weighted by Crippen LogP contribution is 2.39. The van der Waals surface area contributed by atoms with E-state index >= 15 is 0 Å². The highest BCUT2D eigenvalue weighted by Gasteiger charge is 2.29. The zero-order chi connectivity index (χ0) is 12.5. The Bertz CT molecular complexity index is 577. The molecule has 1 aromatic carbocycles. The quantitative estimate of drug-likeness (QED) is 0.764. The third kappa shape index (κ3) is 1.82. The van der Waals surface area contributed by atoms with Gasteiger partial charge in [-0.05, 0) is 25.0 Å². The summed E-state index contributed by atoms with van der Waals surface area (Å²) in [5.41, 5.74) is 2.46. The maximum absolute atomic E-state index is 10.9. The van der Waals surface area contributed by atoms with E-state index < -0.39 is 0 Å². The van der Waals surface area contributed by atoms with Gasteiger partial charge in [0.1, 0.15) is 17.5 Å². The summed E-state index contributed by atoms with van der Waals surface area (Å²) in [6.45, 7) is 0. The number of nitroso groups, excluding NO2 is 1. The van der Waals surface area contributed by atoms with Crippen molar-refractivity contribution in [2.45, 2.75) is 25.3 Å². The third-order valence-electron chi connectivity index (χ3n) is 3.26. The minimum absolute atomic E-state index is 0.342. The zero-order valence-electron chi connectivity index (χ0n) is 9.60. The first kappa shape index (κ1) is 11.4. The first-order valence-electron chi connectivity index (χ1n) is 5.86. The van der Waals surface area contributed by atoms with Gasteiger partial charge in [0, 0.05) is 17.0 Å². The van der Waals surface area contributed by atoms with Crippen LogP contribution in [0.15, 0.2) is 34.0 Å². The molecule has 0 amide bonds. The van der Waals surface area contributed by atoms with Gasteiger partial charge in [0.05, 0.1) is 5.56 Å². The Morgan fingerprint density at radius 2 is 2.11 bits per heavy atom. The van der Waals surface area contributed by atoms with Gasteiger partial charge in [-0.25, -0.2) is 0 Å². The Hall–Kier alpha value is -1.68. The van der Waals surface area contributed by atoms with Crippen molar-refractivity contribution in [1.82, 2.24) is 5.16 Å². The van der Waals surface area contributed by atoms with Gasteiger partial charge < -0.3 is 4.52 Å². The predicted octanol–water partition coefficient (Wildman–Crippen LogP) is 4.14. The average molecular weight is 263 g/mol. The number of fused-ring (bicyclic) bond motifs is 1. The molecule has 0 saturated heterocycles. The number of nitrogens with zero attached hydrogens (tertiary/aromatic N) is 2. The van der Waals surface area contributed by atoms with Crippen LogP contribution in [0.3, 0.4) is 0 Å². The van der Waals surface area contributed by atoms with Gasteiger partial charge in [0.15, 0.2) is 0 Å². The number of hydrogen-bond acceptors (Lipinski definition) is 4. The molecule has 92 valence electrons. The average Bonchev–Trinajstić information content (AvgIpc) is 2.83. The lowest BCUT2D eigenvalue weighted by molar-refractivity contribution is 0.366. The fourth-order valence-electron chi connectivity index (χ4n) is 2.38. The normalized spacial score (nSPS) is 18.4. The molecule has 0 spiro atoms. The largest absolute Gasteiger partial charge is 0.360 e. The second-order valence-corrected chi connectivity index (χ2v) is 4.82. The highest BCUT2D eigenvalue weighted by molar-refractivity contribution is 6.30. The number of aromatic nitrogens is 1. The summed E-state index contributed by atoms with van der Waals surface area (Å²) in [5, 5.41) is 7.94. The Labute approximate surface area is 109 Å². The van der Waals surface area contributed by atoms with E-state index in [2.05, 4.69) is 10.3 Å². The van der Waals surface area contributed by atoms with Gasteiger partial charge in [-0.3, -0.25) is 0 Å². The van der Waals surface area contributed by atoms with Crippen LogP contribution in [-0.4, -0.2) is 5.16 Å². The maximum Gasteiger partial charge on any atom is 0.142 e. The van der Waals surface area contributed by atoms with Crippen molar-refractivity contribution in [3.63, 3.8) is 0 Å². The summed E-state index contributed by atoms with van der Waals surface area (Å²) in [4.78, 5) is 10.9. The van der Waals surface area contributed by atoms with Crippen LogP contribution in [0, 0.1) is 4.91 Å². The molecule has 4 nitrogen and oxygen atoms in total. The fourth-order valence-corrected chi connectivity index (χ4v) is 2.50. The molecule has 0 fully saturated rings. The van der Waals surface area contributed by atoms with E-state index in [1.54, 1.807) is 12.1 Å². The second-order valence-electron chi connectivity index (χ2n) is 4.39. The molecule has 1 unspecified atom stereocenters. The number of benzene rings is 1. The third-order valence-corrected chi connectivity index (χ3v) is 3.51. The molecule has 1 aliphatic rings. The summed E-state index contributed by atoms with van der Waals surface area (Å²) in [6, 6.07) is 6.99. The second kappa shape index (κ2) is 4.53. The zero-order valence-corrected chi connectivity index (χ0v) is 10.4. The van der Waals surface area contributed by atoms with Crippen molar-refractivity contribution >= 4 is 11.6 Å². The van der Waals surface area contributed by atoms with Crippen LogP contribution in [0.4, 0.5) is 0 Å². The topological polar surface area (TPSA) is 55.5 Å². The number of hydrogen-bond donors (Lipinski definition) is 0. The van der Waals surface area contributed by atoms with E-state index in [-0.39, 0.29) is 6.04 Å². The van der Waals surface area contributed by atoms with E-state index in [9.17, 15) is 4.91 Å². The monoisotopic (exact) mass is 262 g/mol. The van der Waals surface area contributed by atoms with Gasteiger partial charge in [-0.15, -0.1) is 0 Å². The molecular formula is C13H11ClN2O2. The van der Waals surface area contributed by atoms with E-state index in [1.807, 2.05) is 12.1 Å². The lowest BCUT2D eigenvalue weighted by atomic mass is 9.90. The van der Waals surface area contributed by atoms with Crippen molar-refractivity contribution in [3.05, 3.63) is 45.5 Å². The first-order valence-corrected chi connectivity index (χ1v) is 6.24. The molecule has 1 aliphatic carbocycles. The van der Waals surface area contributed by atoms with Crippen LogP contribution in [0.25, 0.3) is 11.3 Å². The van der Waals surface area contributed by atoms with Gasteiger partial charge in [-0.1, -0.05) is 34.1 Å². The standard InChI is InChI=1S/C13H11ClN2O2/c14-9-6-4-8(5-7-9)13-12-10(15-17)2-1-3-11(12)18-16-13/h4-7,10H,1-3H2. The van der Waals surface area contributed by atoms with Crippen LogP contribution in [0.2, 0.25) is 5.02 Å². The van der Waals surface area contributed by atoms with Gasteiger partial charge in [0.2, 0.25) is 0 Å². The molecule has 3 rings (SSSR count). The Kier molecular flexibility index (Phi) is 2.88. The molecule has 0 bridgehead atoms. The Morgan fingerprint density at radius 3 is 2.83 bits per heavy atom. The number of aryl methyl sites for hydroxylation is 1. The predicted molar refractivity (Wildman–Crippen MR) is 68.4 cm³/mol. The van der Waals surface area contributed by atoms with Crippen LogP contribution in [0.5, 0.6) is 0 Å². The molecule has 1 heterocycles. The van der Waals surface area contributed by atoms with Crippen molar-refractivity contribution in [2.24, 2.45) is 5.18 Å². The lowest BCUT2D eigenvalue weighted by Crippen LogP contribution is -2.06. The van der Waals surface area contributed by atoms with Crippen molar-refractivity contribution in [2.75, 3.05) is 0 Å². The summed E-state index contributed by atoms with van der Waals surface area (Å²) in [6.07, 6.45) is 2.50. The fraction of sp³-hybridized carbons (Fsp3) is 0.308. The van der Waals surface area contributed by atoms with Crippen LogP contribution in [-0.2, 0) is 6.42 Å². The molecule has 1 atom stereocenters. The van der Waals surface area contributed by atoms with Gasteiger partial charge >= 0.3 is 0 Å². The van der Waals surface area contributed by atoms with E-state index in [0.29, 0.717) is 10.7 Å². The van der Waals surface area contributed by atoms with Gasteiger partial charge in [0.25, 0.3) is 0 Å². The molecule has 5 heteroatoms. The maximum atomic E-state index is 10.9. The molecule has 0 radical (unpaired) electrons. The molecule has 0 aliphatic heterocycles. The number of halogens is 1. The SMILES string of the molecule is O=NC1CCCc2onc(-c3ccc(Cl)cc3)c21. The molecule has 0 saturated carbocycles. The Balaban J connectivity index is 2.10. The molecular weight excluding hydrogens is 252 g/mol. The van der Waals surface area contributed by atoms with E-state index in [4.69, 9.17) is 16.1 Å². The van der Waals surface area contributed by atoms with Crippen LogP contribution < -0.4 is 0 Å². The minimum atomic E-state index is -0.342. The van der Waals surface area contributed by atoms with Gasteiger partial charge in [-0.2, -0.15) is 4.91 Å². The smallest absolute Gasteiger partial charge is 0.142 e. The molecule has 2 aromatic rings. The summed E-state index contributed by atoms with van der Waals surface area (Å²) < 4.78 is 5.32. The van der Waals surface area contributed by atoms with Crippen LogP contribution >= 0.6 is 11.6 Å². The summed E-state index contributed by atoms with van der Waals surface area (Å²) in [5.74, 6) is 0.788. The van der Waals surface area contributed by atoms with Crippen LogP contribution in [0.1, 0.15) is 30.2 Å². The molecule has 0 N–H and O–H groups in total. The molecule has 1 aromatic heterocycles. The number of rotatable bonds is 2. The van der Waals surface area contributed by atoms with Crippen molar-refractivity contribution in [1.29, 1.82) is 0 Å². The molecule has 18 heavy (non-hydrogen) atoms. The van der Waals surface area contributed by atoms with Crippen molar-refractivity contribution < 1.29 is 4.52 Å².